The molecular formula is C19H14Cl4N8O2. The number of aromatic nitrogens is 8. The Morgan fingerprint density at radius 1 is 0.848 bits per heavy atom. The van der Waals surface area contributed by atoms with E-state index in [1.165, 1.54) is 16.2 Å². The lowest BCUT2D eigenvalue weighted by Gasteiger charge is -2.00. The van der Waals surface area contributed by atoms with Crippen LogP contribution in [0.3, 0.4) is 0 Å². The molecule has 4 rings (SSSR count). The van der Waals surface area contributed by atoms with Crippen molar-refractivity contribution >= 4 is 68.7 Å². The van der Waals surface area contributed by atoms with Gasteiger partial charge in [0.25, 0.3) is 5.56 Å². The second kappa shape index (κ2) is 10.3. The Bertz CT molecular complexity index is 1610. The molecule has 0 saturated carbocycles. The van der Waals surface area contributed by atoms with Crippen LogP contribution < -0.4 is 11.2 Å². The van der Waals surface area contributed by atoms with Crippen LogP contribution in [-0.2, 0) is 20.1 Å². The number of H-pyrrole nitrogens is 1. The average molecular weight is 528 g/mol. The van der Waals surface area contributed by atoms with Gasteiger partial charge in [-0.1, -0.05) is 23.4 Å². The topological polar surface area (TPSA) is 116 Å². The number of hydrogen-bond donors (Lipinski definition) is 1. The summed E-state index contributed by atoms with van der Waals surface area (Å²) in [4.78, 5) is 41.1. The molecule has 1 N–H and O–H groups in total. The maximum absolute atomic E-state index is 11.7. The molecule has 4 heterocycles. The fraction of sp³-hybridized carbons (Fsp3) is 0.263. The van der Waals surface area contributed by atoms with E-state index in [2.05, 4.69) is 48.6 Å². The third-order valence-corrected chi connectivity index (χ3v) is 5.28. The number of nitrogens with one attached hydrogen (secondary N) is 1. The number of halogens is 4. The van der Waals surface area contributed by atoms with E-state index >= 15 is 0 Å². The molecule has 0 aliphatic heterocycles. The van der Waals surface area contributed by atoms with Gasteiger partial charge in [0.05, 0.1) is 13.1 Å². The molecule has 0 aliphatic carbocycles. The van der Waals surface area contributed by atoms with Gasteiger partial charge in [0.15, 0.2) is 22.0 Å². The normalized spacial score (nSPS) is 10.3. The minimum Gasteiger partial charge on any atom is -0.299 e. The molecule has 0 spiro atoms. The molecule has 0 saturated heterocycles. The van der Waals surface area contributed by atoms with E-state index in [0.717, 1.165) is 0 Å². The lowest BCUT2D eigenvalue weighted by molar-refractivity contribution is 0.823. The van der Waals surface area contributed by atoms with Crippen molar-refractivity contribution in [3.63, 3.8) is 0 Å². The summed E-state index contributed by atoms with van der Waals surface area (Å²) in [6.45, 7) is 4.07. The number of nitrogens with zero attached hydrogens (tertiary/aromatic N) is 7. The van der Waals surface area contributed by atoms with E-state index in [9.17, 15) is 9.59 Å². The van der Waals surface area contributed by atoms with Crippen LogP contribution in [0.1, 0.15) is 13.8 Å². The highest BCUT2D eigenvalue weighted by Crippen LogP contribution is 2.25. The van der Waals surface area contributed by atoms with Crippen LogP contribution in [0, 0.1) is 23.7 Å². The van der Waals surface area contributed by atoms with Gasteiger partial charge in [0.1, 0.15) is 5.52 Å². The quantitative estimate of drug-likeness (QED) is 0.185. The summed E-state index contributed by atoms with van der Waals surface area (Å²) in [7, 11) is 1.51. The van der Waals surface area contributed by atoms with Crippen molar-refractivity contribution in [3.8, 4) is 23.7 Å². The predicted octanol–water partition coefficient (Wildman–Crippen LogP) is 2.91. The van der Waals surface area contributed by atoms with Crippen LogP contribution in [0.15, 0.2) is 9.59 Å². The number of rotatable bonds is 2. The van der Waals surface area contributed by atoms with E-state index in [1.54, 1.807) is 18.4 Å². The maximum Gasteiger partial charge on any atom is 0.329 e. The fourth-order valence-electron chi connectivity index (χ4n) is 2.75. The Morgan fingerprint density at radius 3 is 2.03 bits per heavy atom. The van der Waals surface area contributed by atoms with Crippen molar-refractivity contribution in [3.05, 3.63) is 41.8 Å². The lowest BCUT2D eigenvalue weighted by Crippen LogP contribution is -2.29. The highest BCUT2D eigenvalue weighted by Gasteiger charge is 2.16. The summed E-state index contributed by atoms with van der Waals surface area (Å²) < 4.78 is 4.33. The Labute approximate surface area is 206 Å². The van der Waals surface area contributed by atoms with Crippen molar-refractivity contribution < 1.29 is 0 Å². The first-order chi connectivity index (χ1) is 15.7. The van der Waals surface area contributed by atoms with Gasteiger partial charge in [0, 0.05) is 7.05 Å². The maximum atomic E-state index is 11.7. The summed E-state index contributed by atoms with van der Waals surface area (Å²) in [6.07, 6.45) is 0. The molecule has 0 unspecified atom stereocenters. The molecule has 10 nitrogen and oxygen atoms in total. The summed E-state index contributed by atoms with van der Waals surface area (Å²) in [6, 6.07) is 0. The first kappa shape index (κ1) is 24.6. The molecule has 0 atom stereocenters. The van der Waals surface area contributed by atoms with Crippen LogP contribution in [-0.4, -0.2) is 38.6 Å². The summed E-state index contributed by atoms with van der Waals surface area (Å²) in [5, 5.41) is 0.651. The molecule has 0 bridgehead atoms. The zero-order chi connectivity index (χ0) is 24.3. The van der Waals surface area contributed by atoms with Gasteiger partial charge in [0.2, 0.25) is 15.9 Å². The van der Waals surface area contributed by atoms with Crippen molar-refractivity contribution in [1.29, 1.82) is 0 Å². The molecule has 14 heteroatoms. The Kier molecular flexibility index (Phi) is 7.67. The van der Waals surface area contributed by atoms with Crippen LogP contribution in [0.2, 0.25) is 21.0 Å². The minimum atomic E-state index is -0.523. The number of fused-ring (bicyclic) bond motifs is 2. The van der Waals surface area contributed by atoms with Crippen LogP contribution in [0.4, 0.5) is 0 Å². The van der Waals surface area contributed by atoms with E-state index in [-0.39, 0.29) is 38.7 Å². The number of aromatic amines is 1. The third kappa shape index (κ3) is 5.00. The van der Waals surface area contributed by atoms with Crippen LogP contribution in [0.5, 0.6) is 0 Å². The smallest absolute Gasteiger partial charge is 0.299 e. The van der Waals surface area contributed by atoms with E-state index in [0.29, 0.717) is 17.7 Å². The third-order valence-electron chi connectivity index (χ3n) is 4.27. The SMILES string of the molecule is CC#CCn1c(Cl)nc2c1c(=O)[nH]c(=O)n2C.CC#CCn1c(Cl)nc2nc(Cl)nc(Cl)c21. The summed E-state index contributed by atoms with van der Waals surface area (Å²) in [5.41, 5.74) is 0.374. The molecule has 33 heavy (non-hydrogen) atoms. The van der Waals surface area contributed by atoms with E-state index in [1.807, 2.05) is 0 Å². The van der Waals surface area contributed by atoms with Gasteiger partial charge in [-0.15, -0.1) is 11.8 Å². The first-order valence-electron chi connectivity index (χ1n) is 9.08. The van der Waals surface area contributed by atoms with Gasteiger partial charge in [-0.05, 0) is 48.7 Å². The van der Waals surface area contributed by atoms with E-state index < -0.39 is 11.2 Å². The molecule has 4 aromatic rings. The van der Waals surface area contributed by atoms with Crippen molar-refractivity contribution in [2.24, 2.45) is 7.05 Å². The molecule has 0 aromatic carbocycles. The second-order valence-corrected chi connectivity index (χ2v) is 7.61. The van der Waals surface area contributed by atoms with Crippen molar-refractivity contribution in [1.82, 2.24) is 38.6 Å². The van der Waals surface area contributed by atoms with E-state index in [4.69, 9.17) is 46.4 Å². The predicted molar refractivity (Wildman–Crippen MR) is 128 cm³/mol. The fourth-order valence-corrected chi connectivity index (χ4v) is 3.68. The molecular weight excluding hydrogens is 514 g/mol. The van der Waals surface area contributed by atoms with Gasteiger partial charge in [-0.25, -0.2) is 9.78 Å². The second-order valence-electron chi connectivity index (χ2n) is 6.23. The molecule has 0 aliphatic rings. The molecule has 0 amide bonds. The van der Waals surface area contributed by atoms with Gasteiger partial charge < -0.3 is 0 Å². The highest BCUT2D eigenvalue weighted by molar-refractivity contribution is 6.36. The van der Waals surface area contributed by atoms with Gasteiger partial charge in [-0.2, -0.15) is 15.0 Å². The largest absolute Gasteiger partial charge is 0.329 e. The standard InChI is InChI=1S/C10H9ClN4O2.C9H5Cl3N4/c1-3-4-5-15-6-7(12-9(15)11)14(2)10(17)13-8(6)16;1-2-3-4-16-5-6(10)13-8(11)14-7(5)15-9(16)12/h5H2,1-2H3,(H,13,16,17);4H2,1H3. The van der Waals surface area contributed by atoms with Crippen molar-refractivity contribution in [2.75, 3.05) is 0 Å². The Hall–Kier alpha value is -3.02. The molecule has 0 radical (unpaired) electrons. The Morgan fingerprint density at radius 2 is 1.42 bits per heavy atom. The number of hydrogen-bond acceptors (Lipinski definition) is 6. The summed E-state index contributed by atoms with van der Waals surface area (Å²) >= 11 is 23.5. The number of aryl methyl sites for hydroxylation is 1. The highest BCUT2D eigenvalue weighted by atomic mass is 35.5. The molecule has 0 fully saturated rings. The molecule has 170 valence electrons. The zero-order valence-corrected chi connectivity index (χ0v) is 20.4. The molecule has 4 aromatic heterocycles. The average Bonchev–Trinajstić information content (AvgIpc) is 3.25. The van der Waals surface area contributed by atoms with Crippen LogP contribution >= 0.6 is 46.4 Å². The zero-order valence-electron chi connectivity index (χ0n) is 17.4. The van der Waals surface area contributed by atoms with Crippen molar-refractivity contribution in [2.45, 2.75) is 26.9 Å². The summed E-state index contributed by atoms with van der Waals surface area (Å²) in [5.74, 6) is 11.1. The van der Waals surface area contributed by atoms with Gasteiger partial charge >= 0.3 is 5.69 Å². The van der Waals surface area contributed by atoms with Crippen LogP contribution in [0.25, 0.3) is 22.3 Å². The minimum absolute atomic E-state index is 0.0420. The number of imidazole rings is 2. The first-order valence-corrected chi connectivity index (χ1v) is 10.6. The van der Waals surface area contributed by atoms with Gasteiger partial charge in [-0.3, -0.25) is 23.5 Å². The monoisotopic (exact) mass is 526 g/mol. The Balaban J connectivity index is 0.000000186. The lowest BCUT2D eigenvalue weighted by atomic mass is 10.5.